The van der Waals surface area contributed by atoms with Gasteiger partial charge < -0.3 is 14.6 Å². The fourth-order valence-corrected chi connectivity index (χ4v) is 2.08. The Morgan fingerprint density at radius 1 is 1.57 bits per heavy atom. The van der Waals surface area contributed by atoms with Crippen molar-refractivity contribution in [1.29, 1.82) is 0 Å². The first kappa shape index (κ1) is 9.89. The monoisotopic (exact) mass is 215 g/mol. The minimum absolute atomic E-state index is 0.0202. The smallest absolute Gasteiger partial charge is 0.273 e. The van der Waals surface area contributed by atoms with Crippen molar-refractivity contribution in [3.63, 3.8) is 0 Å². The maximum absolute atomic E-state index is 8.83. The van der Waals surface area contributed by atoms with Crippen LogP contribution in [-0.2, 0) is 11.3 Å². The Kier molecular flexibility index (Phi) is 3.34. The van der Waals surface area contributed by atoms with Crippen molar-refractivity contribution < 1.29 is 14.6 Å². The van der Waals surface area contributed by atoms with E-state index in [0.29, 0.717) is 10.9 Å². The second kappa shape index (κ2) is 4.72. The molecule has 1 aromatic rings. The third kappa shape index (κ3) is 2.43. The van der Waals surface area contributed by atoms with Crippen LogP contribution in [0.2, 0.25) is 0 Å². The molecule has 0 amide bonds. The van der Waals surface area contributed by atoms with E-state index in [1.54, 1.807) is 0 Å². The van der Waals surface area contributed by atoms with Crippen LogP contribution in [0.4, 0.5) is 0 Å². The Labute approximate surface area is 86.5 Å². The van der Waals surface area contributed by atoms with Gasteiger partial charge in [0.15, 0.2) is 0 Å². The maximum atomic E-state index is 8.83. The van der Waals surface area contributed by atoms with Gasteiger partial charge in [-0.25, -0.2) is 4.98 Å². The average Bonchev–Trinajstić information content (AvgIpc) is 2.67. The summed E-state index contributed by atoms with van der Waals surface area (Å²) in [5.74, 6) is 0. The maximum Gasteiger partial charge on any atom is 0.273 e. The SMILES string of the molecule is OCc1csc(OC2CCOCC2)n1. The lowest BCUT2D eigenvalue weighted by atomic mass is 10.2. The zero-order valence-corrected chi connectivity index (χ0v) is 8.63. The zero-order valence-electron chi connectivity index (χ0n) is 7.81. The minimum atomic E-state index is -0.0202. The van der Waals surface area contributed by atoms with E-state index in [9.17, 15) is 0 Å². The second-order valence-corrected chi connectivity index (χ2v) is 4.01. The topological polar surface area (TPSA) is 51.6 Å². The number of nitrogens with zero attached hydrogens (tertiary/aromatic N) is 1. The van der Waals surface area contributed by atoms with Gasteiger partial charge in [0.1, 0.15) is 6.10 Å². The van der Waals surface area contributed by atoms with E-state index in [-0.39, 0.29) is 12.7 Å². The number of aliphatic hydroxyl groups is 1. The fraction of sp³-hybridized carbons (Fsp3) is 0.667. The lowest BCUT2D eigenvalue weighted by Gasteiger charge is -2.21. The van der Waals surface area contributed by atoms with Crippen molar-refractivity contribution in [1.82, 2.24) is 4.98 Å². The van der Waals surface area contributed by atoms with Crippen LogP contribution in [0.3, 0.4) is 0 Å². The number of rotatable bonds is 3. The molecule has 5 heteroatoms. The molecule has 0 aromatic carbocycles. The summed E-state index contributed by atoms with van der Waals surface area (Å²) in [5.41, 5.74) is 0.678. The van der Waals surface area contributed by atoms with E-state index >= 15 is 0 Å². The third-order valence-electron chi connectivity index (χ3n) is 2.13. The van der Waals surface area contributed by atoms with Crippen molar-refractivity contribution in [3.05, 3.63) is 11.1 Å². The Bertz CT molecular complexity index is 283. The van der Waals surface area contributed by atoms with E-state index < -0.39 is 0 Å². The van der Waals surface area contributed by atoms with Gasteiger partial charge in [0.25, 0.3) is 5.19 Å². The summed E-state index contributed by atoms with van der Waals surface area (Å²) in [7, 11) is 0. The van der Waals surface area contributed by atoms with Crippen molar-refractivity contribution in [3.8, 4) is 5.19 Å². The molecule has 0 saturated carbocycles. The highest BCUT2D eigenvalue weighted by atomic mass is 32.1. The molecule has 1 saturated heterocycles. The molecule has 1 aromatic heterocycles. The number of aromatic nitrogens is 1. The predicted octanol–water partition coefficient (Wildman–Crippen LogP) is 1.19. The number of aliphatic hydroxyl groups excluding tert-OH is 1. The lowest BCUT2D eigenvalue weighted by Crippen LogP contribution is -2.25. The average molecular weight is 215 g/mol. The molecular weight excluding hydrogens is 202 g/mol. The Morgan fingerprint density at radius 2 is 2.36 bits per heavy atom. The molecule has 0 atom stereocenters. The first-order valence-corrected chi connectivity index (χ1v) is 5.56. The zero-order chi connectivity index (χ0) is 9.80. The number of ether oxygens (including phenoxy) is 2. The molecule has 2 rings (SSSR count). The third-order valence-corrected chi connectivity index (χ3v) is 2.91. The van der Waals surface area contributed by atoms with Gasteiger partial charge in [0, 0.05) is 18.2 Å². The summed E-state index contributed by atoms with van der Waals surface area (Å²) in [6.45, 7) is 1.51. The van der Waals surface area contributed by atoms with E-state index in [2.05, 4.69) is 4.98 Å². The van der Waals surface area contributed by atoms with Gasteiger partial charge >= 0.3 is 0 Å². The van der Waals surface area contributed by atoms with Crippen LogP contribution in [0, 0.1) is 0 Å². The normalized spacial score (nSPS) is 18.4. The summed E-state index contributed by atoms with van der Waals surface area (Å²) in [6.07, 6.45) is 2.07. The highest BCUT2D eigenvalue weighted by Crippen LogP contribution is 2.22. The first-order valence-electron chi connectivity index (χ1n) is 4.68. The molecule has 2 heterocycles. The molecule has 0 radical (unpaired) electrons. The summed E-state index contributed by atoms with van der Waals surface area (Å²) in [5, 5.41) is 11.3. The molecule has 4 nitrogen and oxygen atoms in total. The Hall–Kier alpha value is -0.650. The molecule has 0 bridgehead atoms. The van der Waals surface area contributed by atoms with Crippen molar-refractivity contribution in [2.24, 2.45) is 0 Å². The first-order chi connectivity index (χ1) is 6.88. The lowest BCUT2D eigenvalue weighted by molar-refractivity contribution is 0.0253. The van der Waals surface area contributed by atoms with E-state index in [1.807, 2.05) is 5.38 Å². The highest BCUT2D eigenvalue weighted by molar-refractivity contribution is 7.11. The van der Waals surface area contributed by atoms with E-state index in [4.69, 9.17) is 14.6 Å². The molecular formula is C9H13NO3S. The molecule has 78 valence electrons. The van der Waals surface area contributed by atoms with Gasteiger partial charge in [-0.15, -0.1) is 0 Å². The molecule has 0 unspecified atom stereocenters. The molecule has 1 fully saturated rings. The van der Waals surface area contributed by atoms with Crippen LogP contribution in [0.1, 0.15) is 18.5 Å². The van der Waals surface area contributed by atoms with Gasteiger partial charge in [-0.05, 0) is 0 Å². The van der Waals surface area contributed by atoms with Crippen LogP contribution in [0.25, 0.3) is 0 Å². The molecule has 14 heavy (non-hydrogen) atoms. The Balaban J connectivity index is 1.89. The quantitative estimate of drug-likeness (QED) is 0.823. The van der Waals surface area contributed by atoms with E-state index in [0.717, 1.165) is 26.1 Å². The van der Waals surface area contributed by atoms with Crippen LogP contribution in [0.5, 0.6) is 5.19 Å². The van der Waals surface area contributed by atoms with Gasteiger partial charge in [-0.1, -0.05) is 11.3 Å². The highest BCUT2D eigenvalue weighted by Gasteiger charge is 2.16. The predicted molar refractivity (Wildman–Crippen MR) is 52.5 cm³/mol. The number of hydrogen-bond donors (Lipinski definition) is 1. The summed E-state index contributed by atoms with van der Waals surface area (Å²) in [4.78, 5) is 4.13. The summed E-state index contributed by atoms with van der Waals surface area (Å²) < 4.78 is 10.9. The van der Waals surface area contributed by atoms with Crippen molar-refractivity contribution >= 4 is 11.3 Å². The largest absolute Gasteiger partial charge is 0.467 e. The molecule has 0 aliphatic carbocycles. The van der Waals surface area contributed by atoms with Crippen LogP contribution >= 0.6 is 11.3 Å². The molecule has 1 aliphatic heterocycles. The molecule has 1 aliphatic rings. The molecule has 0 spiro atoms. The fourth-order valence-electron chi connectivity index (χ4n) is 1.35. The Morgan fingerprint density at radius 3 is 3.00 bits per heavy atom. The van der Waals surface area contributed by atoms with Gasteiger partial charge in [-0.3, -0.25) is 0 Å². The van der Waals surface area contributed by atoms with Crippen LogP contribution < -0.4 is 4.74 Å². The van der Waals surface area contributed by atoms with Gasteiger partial charge in [-0.2, -0.15) is 0 Å². The van der Waals surface area contributed by atoms with Gasteiger partial charge in [0.2, 0.25) is 0 Å². The number of thiazole rings is 1. The van der Waals surface area contributed by atoms with Crippen LogP contribution in [-0.4, -0.2) is 29.4 Å². The molecule has 1 N–H and O–H groups in total. The standard InChI is InChI=1S/C9H13NO3S/c11-5-7-6-14-9(10-7)13-8-1-3-12-4-2-8/h6,8,11H,1-5H2. The second-order valence-electron chi connectivity index (χ2n) is 3.19. The van der Waals surface area contributed by atoms with Crippen molar-refractivity contribution in [2.75, 3.05) is 13.2 Å². The minimum Gasteiger partial charge on any atom is -0.467 e. The van der Waals surface area contributed by atoms with Crippen molar-refractivity contribution in [2.45, 2.75) is 25.6 Å². The van der Waals surface area contributed by atoms with Gasteiger partial charge in [0.05, 0.1) is 25.5 Å². The van der Waals surface area contributed by atoms with Crippen LogP contribution in [0.15, 0.2) is 5.38 Å². The number of hydrogen-bond acceptors (Lipinski definition) is 5. The summed E-state index contributed by atoms with van der Waals surface area (Å²) >= 11 is 1.43. The van der Waals surface area contributed by atoms with E-state index in [1.165, 1.54) is 11.3 Å². The summed E-state index contributed by atoms with van der Waals surface area (Å²) in [6, 6.07) is 0.